The van der Waals surface area contributed by atoms with Gasteiger partial charge in [-0.15, -0.1) is 0 Å². The lowest BCUT2D eigenvalue weighted by Gasteiger charge is -2.32. The lowest BCUT2D eigenvalue weighted by Crippen LogP contribution is -2.48. The first-order valence-electron chi connectivity index (χ1n) is 5.83. The Balaban J connectivity index is 4.03. The van der Waals surface area contributed by atoms with E-state index in [1.807, 2.05) is 13.8 Å². The zero-order chi connectivity index (χ0) is 12.1. The smallest absolute Gasteiger partial charge is 0.0768 e. The Kier molecular flexibility index (Phi) is 6.41. The van der Waals surface area contributed by atoms with E-state index in [4.69, 9.17) is 4.74 Å². The van der Waals surface area contributed by atoms with Crippen molar-refractivity contribution >= 4 is 0 Å². The first-order chi connectivity index (χ1) is 6.85. The summed E-state index contributed by atoms with van der Waals surface area (Å²) in [5.74, 6) is 0.301. The van der Waals surface area contributed by atoms with Crippen molar-refractivity contribution in [2.45, 2.75) is 58.8 Å². The van der Waals surface area contributed by atoms with E-state index < -0.39 is 5.60 Å². The molecule has 0 rings (SSSR count). The fraction of sp³-hybridized carbons (Fsp3) is 1.00. The van der Waals surface area contributed by atoms with Crippen LogP contribution in [-0.4, -0.2) is 36.5 Å². The van der Waals surface area contributed by atoms with Gasteiger partial charge in [0.25, 0.3) is 0 Å². The minimum Gasteiger partial charge on any atom is -0.389 e. The van der Waals surface area contributed by atoms with E-state index in [0.29, 0.717) is 12.5 Å². The molecule has 0 aliphatic heterocycles. The molecule has 0 radical (unpaired) electrons. The number of ether oxygens (including phenoxy) is 1. The van der Waals surface area contributed by atoms with Crippen LogP contribution in [0.3, 0.4) is 0 Å². The van der Waals surface area contributed by atoms with Gasteiger partial charge in [-0.25, -0.2) is 0 Å². The number of hydrogen-bond acceptors (Lipinski definition) is 3. The van der Waals surface area contributed by atoms with Crippen LogP contribution in [0.1, 0.15) is 41.0 Å². The molecule has 0 aromatic heterocycles. The molecule has 0 bridgehead atoms. The van der Waals surface area contributed by atoms with Crippen molar-refractivity contribution in [3.63, 3.8) is 0 Å². The highest BCUT2D eigenvalue weighted by atomic mass is 16.5. The lowest BCUT2D eigenvalue weighted by molar-refractivity contribution is -0.00286. The molecule has 2 N–H and O–H groups in total. The van der Waals surface area contributed by atoms with Crippen molar-refractivity contribution in [1.82, 2.24) is 5.32 Å². The maximum Gasteiger partial charge on any atom is 0.0768 e. The van der Waals surface area contributed by atoms with Crippen LogP contribution in [-0.2, 0) is 4.74 Å². The molecule has 3 nitrogen and oxygen atoms in total. The summed E-state index contributed by atoms with van der Waals surface area (Å²) in [5, 5.41) is 13.5. The van der Waals surface area contributed by atoms with Gasteiger partial charge in [-0.1, -0.05) is 20.3 Å². The van der Waals surface area contributed by atoms with Crippen LogP contribution >= 0.6 is 0 Å². The van der Waals surface area contributed by atoms with Crippen molar-refractivity contribution < 1.29 is 9.84 Å². The normalized spacial score (nSPS) is 21.8. The van der Waals surface area contributed by atoms with Crippen LogP contribution in [0.4, 0.5) is 0 Å². The standard InChI is InChI=1S/C12H27NO2/c1-7-9(2)12(5,14)8-13-10(3)11(4)15-6/h9-11,13-14H,7-8H2,1-6H3. The number of methoxy groups -OCH3 is 1. The van der Waals surface area contributed by atoms with Crippen molar-refractivity contribution in [1.29, 1.82) is 0 Å². The Morgan fingerprint density at radius 1 is 1.33 bits per heavy atom. The number of rotatable bonds is 7. The predicted octanol–water partition coefficient (Wildman–Crippen LogP) is 1.80. The SMILES string of the molecule is CCC(C)C(C)(O)CNC(C)C(C)OC. The molecule has 0 aromatic rings. The Morgan fingerprint density at radius 2 is 1.87 bits per heavy atom. The van der Waals surface area contributed by atoms with E-state index in [1.54, 1.807) is 7.11 Å². The maximum absolute atomic E-state index is 10.2. The van der Waals surface area contributed by atoms with Gasteiger partial charge in [0.1, 0.15) is 0 Å². The van der Waals surface area contributed by atoms with Crippen LogP contribution in [0.15, 0.2) is 0 Å². The summed E-state index contributed by atoms with van der Waals surface area (Å²) in [4.78, 5) is 0. The molecule has 15 heavy (non-hydrogen) atoms. The molecule has 0 saturated heterocycles. The molecule has 0 fully saturated rings. The summed E-state index contributed by atoms with van der Waals surface area (Å²) in [7, 11) is 1.70. The second kappa shape index (κ2) is 6.46. The highest BCUT2D eigenvalue weighted by Gasteiger charge is 2.27. The van der Waals surface area contributed by atoms with E-state index in [-0.39, 0.29) is 12.1 Å². The third-order valence-electron chi connectivity index (χ3n) is 3.53. The highest BCUT2D eigenvalue weighted by molar-refractivity contribution is 4.83. The summed E-state index contributed by atoms with van der Waals surface area (Å²) in [6, 6.07) is 0.255. The molecule has 0 aliphatic rings. The summed E-state index contributed by atoms with van der Waals surface area (Å²) >= 11 is 0. The van der Waals surface area contributed by atoms with Crippen molar-refractivity contribution in [3.05, 3.63) is 0 Å². The van der Waals surface area contributed by atoms with Crippen molar-refractivity contribution in [3.8, 4) is 0 Å². The fourth-order valence-electron chi connectivity index (χ4n) is 1.35. The zero-order valence-corrected chi connectivity index (χ0v) is 11.0. The van der Waals surface area contributed by atoms with Crippen molar-refractivity contribution in [2.24, 2.45) is 5.92 Å². The third-order valence-corrected chi connectivity index (χ3v) is 3.53. The molecule has 0 heterocycles. The van der Waals surface area contributed by atoms with Gasteiger partial charge in [0.2, 0.25) is 0 Å². The molecule has 0 aliphatic carbocycles. The van der Waals surface area contributed by atoms with E-state index in [1.165, 1.54) is 0 Å². The van der Waals surface area contributed by atoms with Crippen LogP contribution in [0.25, 0.3) is 0 Å². The van der Waals surface area contributed by atoms with E-state index in [9.17, 15) is 5.11 Å². The molecular formula is C12H27NO2. The quantitative estimate of drug-likeness (QED) is 0.683. The number of hydrogen-bond donors (Lipinski definition) is 2. The van der Waals surface area contributed by atoms with Crippen LogP contribution < -0.4 is 5.32 Å². The Hall–Kier alpha value is -0.120. The highest BCUT2D eigenvalue weighted by Crippen LogP contribution is 2.19. The Morgan fingerprint density at radius 3 is 2.27 bits per heavy atom. The van der Waals surface area contributed by atoms with Gasteiger partial charge in [0.05, 0.1) is 11.7 Å². The van der Waals surface area contributed by atoms with E-state index >= 15 is 0 Å². The van der Waals surface area contributed by atoms with Gasteiger partial charge < -0.3 is 15.2 Å². The van der Waals surface area contributed by atoms with Gasteiger partial charge in [-0.05, 0) is 26.7 Å². The van der Waals surface area contributed by atoms with Gasteiger partial charge in [-0.2, -0.15) is 0 Å². The van der Waals surface area contributed by atoms with Gasteiger partial charge >= 0.3 is 0 Å². The molecule has 4 atom stereocenters. The minimum atomic E-state index is -0.642. The van der Waals surface area contributed by atoms with Crippen molar-refractivity contribution in [2.75, 3.05) is 13.7 Å². The molecule has 0 aromatic carbocycles. The molecule has 0 saturated carbocycles. The van der Waals surface area contributed by atoms with Gasteiger partial charge in [-0.3, -0.25) is 0 Å². The molecule has 4 unspecified atom stereocenters. The second-order valence-electron chi connectivity index (χ2n) is 4.78. The van der Waals surface area contributed by atoms with Crippen LogP contribution in [0.5, 0.6) is 0 Å². The van der Waals surface area contributed by atoms with E-state index in [0.717, 1.165) is 6.42 Å². The largest absolute Gasteiger partial charge is 0.389 e. The summed E-state index contributed by atoms with van der Waals surface area (Å²) in [5.41, 5.74) is -0.642. The molecule has 3 heteroatoms. The zero-order valence-electron chi connectivity index (χ0n) is 11.0. The molecule has 0 spiro atoms. The maximum atomic E-state index is 10.2. The fourth-order valence-corrected chi connectivity index (χ4v) is 1.35. The number of aliphatic hydroxyl groups is 1. The molecule has 0 amide bonds. The summed E-state index contributed by atoms with van der Waals surface area (Å²) < 4.78 is 5.22. The number of nitrogens with one attached hydrogen (secondary N) is 1. The van der Waals surface area contributed by atoms with E-state index in [2.05, 4.69) is 26.1 Å². The van der Waals surface area contributed by atoms with Gasteiger partial charge in [0, 0.05) is 19.7 Å². The summed E-state index contributed by atoms with van der Waals surface area (Å²) in [6.45, 7) is 10.8. The monoisotopic (exact) mass is 217 g/mol. The van der Waals surface area contributed by atoms with Crippen LogP contribution in [0, 0.1) is 5.92 Å². The second-order valence-corrected chi connectivity index (χ2v) is 4.78. The predicted molar refractivity (Wildman–Crippen MR) is 64.0 cm³/mol. The average Bonchev–Trinajstić information content (AvgIpc) is 2.23. The minimum absolute atomic E-state index is 0.165. The Bertz CT molecular complexity index is 171. The molecular weight excluding hydrogens is 190 g/mol. The average molecular weight is 217 g/mol. The lowest BCUT2D eigenvalue weighted by atomic mass is 9.88. The van der Waals surface area contributed by atoms with Crippen LogP contribution in [0.2, 0.25) is 0 Å². The topological polar surface area (TPSA) is 41.5 Å². The molecule has 92 valence electrons. The summed E-state index contributed by atoms with van der Waals surface area (Å²) in [6.07, 6.45) is 1.15. The first-order valence-corrected chi connectivity index (χ1v) is 5.83. The first kappa shape index (κ1) is 14.9. The van der Waals surface area contributed by atoms with Gasteiger partial charge in [0.15, 0.2) is 0 Å². The Labute approximate surface area is 94.2 Å². The third kappa shape index (κ3) is 4.96.